The minimum atomic E-state index is -0.213. The number of carbonyl (C=O) groups is 1. The van der Waals surface area contributed by atoms with Crippen molar-refractivity contribution >= 4 is 23.3 Å². The Balaban J connectivity index is 1.76. The molecule has 1 aliphatic rings. The molecule has 0 amide bonds. The van der Waals surface area contributed by atoms with Crippen LogP contribution in [0.4, 0.5) is 0 Å². The van der Waals surface area contributed by atoms with E-state index in [2.05, 4.69) is 57.7 Å². The van der Waals surface area contributed by atoms with Gasteiger partial charge in [0.1, 0.15) is 5.82 Å². The van der Waals surface area contributed by atoms with Crippen LogP contribution in [-0.2, 0) is 9.53 Å². The lowest BCUT2D eigenvalue weighted by molar-refractivity contribution is -0.140. The number of aromatic nitrogens is 3. The number of rotatable bonds is 7. The number of esters is 1. The maximum Gasteiger partial charge on any atom is 0.305 e. The molecule has 0 aliphatic carbocycles. The van der Waals surface area contributed by atoms with Gasteiger partial charge in [-0.2, -0.15) is 0 Å². The molecule has 1 fully saturated rings. The number of nitrogens with one attached hydrogen (secondary N) is 1. The number of hydrogen-bond donors (Lipinski definition) is 1. The van der Waals surface area contributed by atoms with Crippen molar-refractivity contribution in [3.8, 4) is 5.82 Å². The van der Waals surface area contributed by atoms with Crippen molar-refractivity contribution in [1.82, 2.24) is 24.8 Å². The summed E-state index contributed by atoms with van der Waals surface area (Å²) in [7, 11) is 1.42. The van der Waals surface area contributed by atoms with Crippen molar-refractivity contribution in [1.29, 1.82) is 0 Å². The summed E-state index contributed by atoms with van der Waals surface area (Å²) in [5.74, 6) is 0.716. The van der Waals surface area contributed by atoms with Gasteiger partial charge in [-0.1, -0.05) is 12.1 Å². The maximum absolute atomic E-state index is 11.7. The van der Waals surface area contributed by atoms with E-state index in [0.717, 1.165) is 28.5 Å². The molecule has 1 N–H and O–H groups in total. The van der Waals surface area contributed by atoms with Gasteiger partial charge in [0.15, 0.2) is 5.11 Å². The van der Waals surface area contributed by atoms with E-state index < -0.39 is 0 Å². The lowest BCUT2D eigenvalue weighted by Crippen LogP contribution is -2.31. The largest absolute Gasteiger partial charge is 0.469 e. The Morgan fingerprint density at radius 3 is 2.64 bits per heavy atom. The van der Waals surface area contributed by atoms with E-state index in [1.54, 1.807) is 6.20 Å². The first-order valence-electron chi connectivity index (χ1n) is 11.1. The summed E-state index contributed by atoms with van der Waals surface area (Å²) in [6.45, 7) is 6.94. The third-order valence-corrected chi connectivity index (χ3v) is 6.54. The summed E-state index contributed by atoms with van der Waals surface area (Å²) in [6, 6.07) is 12.0. The van der Waals surface area contributed by atoms with Crippen molar-refractivity contribution in [3.05, 3.63) is 77.0 Å². The van der Waals surface area contributed by atoms with Gasteiger partial charge in [0, 0.05) is 36.7 Å². The first kappa shape index (κ1) is 22.9. The number of pyridine rings is 2. The molecular formula is C25H29N5O2S. The average molecular weight is 464 g/mol. The fourth-order valence-electron chi connectivity index (χ4n) is 4.61. The predicted molar refractivity (Wildman–Crippen MR) is 131 cm³/mol. The maximum atomic E-state index is 11.7. The second-order valence-corrected chi connectivity index (χ2v) is 8.69. The predicted octanol–water partition coefficient (Wildman–Crippen LogP) is 4.12. The molecule has 0 aromatic carbocycles. The van der Waals surface area contributed by atoms with Crippen LogP contribution in [0, 0.1) is 20.8 Å². The Morgan fingerprint density at radius 1 is 1.15 bits per heavy atom. The van der Waals surface area contributed by atoms with Crippen LogP contribution in [0.5, 0.6) is 0 Å². The zero-order valence-electron chi connectivity index (χ0n) is 19.4. The van der Waals surface area contributed by atoms with Gasteiger partial charge in [0.2, 0.25) is 0 Å². The average Bonchev–Trinajstić information content (AvgIpc) is 3.30. The Morgan fingerprint density at radius 2 is 1.94 bits per heavy atom. The topological polar surface area (TPSA) is 72.3 Å². The van der Waals surface area contributed by atoms with E-state index in [0.29, 0.717) is 24.5 Å². The lowest BCUT2D eigenvalue weighted by Gasteiger charge is -2.28. The van der Waals surface area contributed by atoms with Crippen LogP contribution in [0.3, 0.4) is 0 Å². The summed E-state index contributed by atoms with van der Waals surface area (Å²) in [4.78, 5) is 23.1. The Labute approximate surface area is 199 Å². The molecular weight excluding hydrogens is 434 g/mol. The Kier molecular flexibility index (Phi) is 6.74. The first-order valence-corrected chi connectivity index (χ1v) is 11.5. The van der Waals surface area contributed by atoms with Gasteiger partial charge in [0.05, 0.1) is 24.9 Å². The summed E-state index contributed by atoms with van der Waals surface area (Å²) >= 11 is 5.75. The number of thiocarbonyl (C=S) groups is 1. The SMILES string of the molecule is COC(=O)CCCN1C(=S)NC(c2ccccn2)C1c1cc(C)n(-c2ncccc2C)c1C. The first-order chi connectivity index (χ1) is 15.9. The molecule has 3 aromatic rings. The zero-order chi connectivity index (χ0) is 23.5. The highest BCUT2D eigenvalue weighted by Crippen LogP contribution is 2.41. The number of nitrogens with zero attached hydrogens (tertiary/aromatic N) is 4. The van der Waals surface area contributed by atoms with Gasteiger partial charge >= 0.3 is 5.97 Å². The number of carbonyl (C=O) groups excluding carboxylic acids is 1. The van der Waals surface area contributed by atoms with Crippen molar-refractivity contribution in [3.63, 3.8) is 0 Å². The molecule has 7 nitrogen and oxygen atoms in total. The molecule has 1 saturated heterocycles. The summed E-state index contributed by atoms with van der Waals surface area (Å²) in [6.07, 6.45) is 4.63. The molecule has 2 unspecified atom stereocenters. The normalized spacial score (nSPS) is 17.8. The van der Waals surface area contributed by atoms with E-state index >= 15 is 0 Å². The molecule has 3 aromatic heterocycles. The van der Waals surface area contributed by atoms with Gasteiger partial charge in [0.25, 0.3) is 0 Å². The molecule has 172 valence electrons. The monoisotopic (exact) mass is 463 g/mol. The van der Waals surface area contributed by atoms with Crippen molar-refractivity contribution < 1.29 is 9.53 Å². The van der Waals surface area contributed by atoms with Crippen LogP contribution in [0.15, 0.2) is 48.8 Å². The molecule has 0 bridgehead atoms. The standard InChI is InChI=1S/C25H29N5O2S/c1-16-9-7-13-27-24(16)30-17(2)15-19(18(30)3)23-22(20-10-5-6-12-26-20)28-25(33)29(23)14-8-11-21(31)32-4/h5-7,9-10,12-13,15,22-23H,8,11,14H2,1-4H3,(H,28,33). The fraction of sp³-hybridized carbons (Fsp3) is 0.360. The highest BCUT2D eigenvalue weighted by molar-refractivity contribution is 7.80. The van der Waals surface area contributed by atoms with Crippen LogP contribution in [0.2, 0.25) is 0 Å². The van der Waals surface area contributed by atoms with E-state index in [9.17, 15) is 4.79 Å². The van der Waals surface area contributed by atoms with E-state index in [1.165, 1.54) is 12.7 Å². The minimum Gasteiger partial charge on any atom is -0.469 e. The summed E-state index contributed by atoms with van der Waals surface area (Å²) in [5.41, 5.74) is 5.43. The van der Waals surface area contributed by atoms with Crippen molar-refractivity contribution in [2.75, 3.05) is 13.7 Å². The lowest BCUT2D eigenvalue weighted by atomic mass is 9.96. The molecule has 0 radical (unpaired) electrons. The van der Waals surface area contributed by atoms with Gasteiger partial charge in [-0.15, -0.1) is 0 Å². The Bertz CT molecular complexity index is 1160. The molecule has 33 heavy (non-hydrogen) atoms. The molecule has 2 atom stereocenters. The molecule has 4 heterocycles. The van der Waals surface area contributed by atoms with Crippen LogP contribution in [0.25, 0.3) is 5.82 Å². The van der Waals surface area contributed by atoms with Crippen LogP contribution >= 0.6 is 12.2 Å². The third-order valence-electron chi connectivity index (χ3n) is 6.19. The molecule has 0 saturated carbocycles. The second kappa shape index (κ2) is 9.70. The number of methoxy groups -OCH3 is 1. The van der Waals surface area contributed by atoms with E-state index in [4.69, 9.17) is 17.0 Å². The second-order valence-electron chi connectivity index (χ2n) is 8.31. The van der Waals surface area contributed by atoms with Crippen LogP contribution in [0.1, 0.15) is 53.1 Å². The van der Waals surface area contributed by atoms with Crippen molar-refractivity contribution in [2.24, 2.45) is 0 Å². The number of aryl methyl sites for hydroxylation is 2. The van der Waals surface area contributed by atoms with Gasteiger partial charge in [-0.05, 0) is 74.8 Å². The minimum absolute atomic E-state index is 0.0611. The number of hydrogen-bond acceptors (Lipinski definition) is 5. The zero-order valence-corrected chi connectivity index (χ0v) is 20.2. The number of ether oxygens (including phenoxy) is 1. The van der Waals surface area contributed by atoms with E-state index in [1.807, 2.05) is 30.5 Å². The summed E-state index contributed by atoms with van der Waals surface area (Å²) in [5, 5.41) is 4.15. The smallest absolute Gasteiger partial charge is 0.305 e. The van der Waals surface area contributed by atoms with Crippen molar-refractivity contribution in [2.45, 2.75) is 45.7 Å². The quantitative estimate of drug-likeness (QED) is 0.417. The Hall–Kier alpha value is -3.26. The molecule has 8 heteroatoms. The summed E-state index contributed by atoms with van der Waals surface area (Å²) < 4.78 is 7.02. The highest BCUT2D eigenvalue weighted by atomic mass is 32.1. The van der Waals surface area contributed by atoms with Gasteiger partial charge in [-0.25, -0.2) is 4.98 Å². The molecule has 1 aliphatic heterocycles. The molecule has 0 spiro atoms. The van der Waals surface area contributed by atoms with Crippen LogP contribution < -0.4 is 5.32 Å². The van der Waals surface area contributed by atoms with Crippen LogP contribution in [-0.4, -0.2) is 44.2 Å². The van der Waals surface area contributed by atoms with Gasteiger partial charge < -0.3 is 19.5 Å². The highest BCUT2D eigenvalue weighted by Gasteiger charge is 2.41. The van der Waals surface area contributed by atoms with E-state index in [-0.39, 0.29) is 18.1 Å². The fourth-order valence-corrected chi connectivity index (χ4v) is 4.94. The molecule has 4 rings (SSSR count). The van der Waals surface area contributed by atoms with Gasteiger partial charge in [-0.3, -0.25) is 9.78 Å². The third kappa shape index (κ3) is 4.48.